The van der Waals surface area contributed by atoms with Gasteiger partial charge in [0.25, 0.3) is 0 Å². The predicted octanol–water partition coefficient (Wildman–Crippen LogP) is 1.61. The van der Waals surface area contributed by atoms with Crippen molar-refractivity contribution >= 4 is 11.6 Å². The summed E-state index contributed by atoms with van der Waals surface area (Å²) in [6, 6.07) is 3.93. The van der Waals surface area contributed by atoms with Gasteiger partial charge < -0.3 is 25.2 Å². The molecule has 0 heterocycles. The van der Waals surface area contributed by atoms with E-state index in [0.717, 1.165) is 0 Å². The van der Waals surface area contributed by atoms with Gasteiger partial charge >= 0.3 is 0 Å². The number of ether oxygens (including phenoxy) is 1. The molecule has 0 spiro atoms. The number of phenols is 2. The zero-order valence-electron chi connectivity index (χ0n) is 14.7. The van der Waals surface area contributed by atoms with E-state index >= 15 is 0 Å². The lowest BCUT2D eigenvalue weighted by Gasteiger charge is -2.36. The monoisotopic (exact) mass is 370 g/mol. The Kier molecular flexibility index (Phi) is 3.60. The number of rotatable bonds is 1. The van der Waals surface area contributed by atoms with Crippen LogP contribution in [-0.2, 0) is 6.42 Å². The molecule has 140 valence electrons. The minimum absolute atomic E-state index is 0.0410. The highest BCUT2D eigenvalue weighted by Gasteiger charge is 2.42. The molecule has 0 saturated heterocycles. The summed E-state index contributed by atoms with van der Waals surface area (Å²) in [5, 5.41) is 41.7. The molecule has 2 aromatic carbocycles. The zero-order chi connectivity index (χ0) is 19.7. The Balaban J connectivity index is 2.00. The number of methoxy groups -OCH3 is 1. The number of ketones is 2. The summed E-state index contributed by atoms with van der Waals surface area (Å²) in [7, 11) is 1.37. The van der Waals surface area contributed by atoms with Crippen molar-refractivity contribution in [3.05, 3.63) is 51.6 Å². The predicted molar refractivity (Wildman–Crippen MR) is 93.5 cm³/mol. The Morgan fingerprint density at radius 3 is 2.41 bits per heavy atom. The van der Waals surface area contributed by atoms with Crippen LogP contribution in [0.5, 0.6) is 17.2 Å². The third-order valence-corrected chi connectivity index (χ3v) is 5.48. The second kappa shape index (κ2) is 5.55. The number of hydrogen-bond donors (Lipinski definition) is 4. The van der Waals surface area contributed by atoms with Crippen molar-refractivity contribution in [3.8, 4) is 17.2 Å². The smallest absolute Gasteiger partial charge is 0.201 e. The van der Waals surface area contributed by atoms with Gasteiger partial charge in [-0.2, -0.15) is 0 Å². The molecule has 0 radical (unpaired) electrons. The number of carbonyl (C=O) groups excluding carboxylic acids is 2. The minimum Gasteiger partial charge on any atom is -0.507 e. The molecule has 2 aromatic rings. The van der Waals surface area contributed by atoms with Gasteiger partial charge in [0.1, 0.15) is 23.4 Å². The van der Waals surface area contributed by atoms with Crippen LogP contribution >= 0.6 is 0 Å². The lowest BCUT2D eigenvalue weighted by atomic mass is 9.74. The molecule has 0 bridgehead atoms. The first-order valence-corrected chi connectivity index (χ1v) is 8.47. The summed E-state index contributed by atoms with van der Waals surface area (Å²) in [6.45, 7) is 1.47. The summed E-state index contributed by atoms with van der Waals surface area (Å²) in [6.07, 6.45) is -0.878. The van der Waals surface area contributed by atoms with Crippen molar-refractivity contribution in [2.24, 2.45) is 0 Å². The average molecular weight is 370 g/mol. The highest BCUT2D eigenvalue weighted by atomic mass is 16.5. The van der Waals surface area contributed by atoms with Crippen LogP contribution in [0.25, 0.3) is 0 Å². The second-order valence-electron chi connectivity index (χ2n) is 7.20. The van der Waals surface area contributed by atoms with E-state index in [-0.39, 0.29) is 46.4 Å². The van der Waals surface area contributed by atoms with E-state index in [2.05, 4.69) is 0 Å². The zero-order valence-corrected chi connectivity index (χ0v) is 14.7. The van der Waals surface area contributed by atoms with Gasteiger partial charge in [-0.1, -0.05) is 0 Å². The molecule has 0 aliphatic heterocycles. The Morgan fingerprint density at radius 1 is 1.07 bits per heavy atom. The maximum absolute atomic E-state index is 13.0. The molecule has 0 fully saturated rings. The van der Waals surface area contributed by atoms with Crippen LogP contribution in [0.4, 0.5) is 0 Å². The molecule has 2 aliphatic carbocycles. The van der Waals surface area contributed by atoms with Gasteiger partial charge in [-0.15, -0.1) is 0 Å². The van der Waals surface area contributed by atoms with E-state index in [1.807, 2.05) is 0 Å². The SMILES string of the molecule is COc1cc(O)c2c(c1)C(=O)c1cc3c(c(O)c1C2=O)CC[C@](C)(O)[C@@H]3O. The van der Waals surface area contributed by atoms with Crippen molar-refractivity contribution in [1.29, 1.82) is 0 Å². The quantitative estimate of drug-likeness (QED) is 0.513. The Bertz CT molecular complexity index is 1020. The molecule has 27 heavy (non-hydrogen) atoms. The summed E-state index contributed by atoms with van der Waals surface area (Å²) in [4.78, 5) is 26.0. The lowest BCUT2D eigenvalue weighted by Crippen LogP contribution is -2.38. The molecule has 2 aliphatic rings. The molecule has 4 N–H and O–H groups in total. The topological polar surface area (TPSA) is 124 Å². The van der Waals surface area contributed by atoms with Gasteiger partial charge in [-0.05, 0) is 37.5 Å². The van der Waals surface area contributed by atoms with E-state index in [1.54, 1.807) is 0 Å². The summed E-state index contributed by atoms with van der Waals surface area (Å²) >= 11 is 0. The first-order valence-electron chi connectivity index (χ1n) is 8.47. The Labute approximate surface area is 154 Å². The normalized spacial score (nSPS) is 23.5. The highest BCUT2D eigenvalue weighted by Crippen LogP contribution is 2.46. The van der Waals surface area contributed by atoms with Crippen LogP contribution in [-0.4, -0.2) is 44.7 Å². The van der Waals surface area contributed by atoms with Gasteiger partial charge in [0.15, 0.2) is 5.78 Å². The highest BCUT2D eigenvalue weighted by molar-refractivity contribution is 6.30. The minimum atomic E-state index is -1.41. The van der Waals surface area contributed by atoms with Gasteiger partial charge in [-0.3, -0.25) is 9.59 Å². The van der Waals surface area contributed by atoms with Crippen molar-refractivity contribution in [2.45, 2.75) is 31.5 Å². The van der Waals surface area contributed by atoms with Gasteiger partial charge in [0, 0.05) is 22.8 Å². The molecule has 0 unspecified atom stereocenters. The molecule has 4 rings (SSSR count). The molecule has 0 aromatic heterocycles. The number of aliphatic hydroxyl groups excluding tert-OH is 1. The average Bonchev–Trinajstić information content (AvgIpc) is 2.62. The van der Waals surface area contributed by atoms with E-state index in [0.29, 0.717) is 5.56 Å². The van der Waals surface area contributed by atoms with Crippen LogP contribution in [0, 0.1) is 0 Å². The second-order valence-corrected chi connectivity index (χ2v) is 7.20. The van der Waals surface area contributed by atoms with Crippen LogP contribution in [0.3, 0.4) is 0 Å². The van der Waals surface area contributed by atoms with E-state index < -0.39 is 34.8 Å². The summed E-state index contributed by atoms with van der Waals surface area (Å²) in [5.41, 5.74) is -1.36. The maximum atomic E-state index is 13.0. The third kappa shape index (κ3) is 2.28. The van der Waals surface area contributed by atoms with Crippen LogP contribution in [0.1, 0.15) is 62.4 Å². The number of aromatic hydroxyl groups is 2. The molecular formula is C20H18O7. The number of phenolic OH excluding ortho intramolecular Hbond substituents is 2. The van der Waals surface area contributed by atoms with Crippen molar-refractivity contribution in [1.82, 2.24) is 0 Å². The van der Waals surface area contributed by atoms with Crippen molar-refractivity contribution < 1.29 is 34.8 Å². The number of benzene rings is 2. The Hall–Kier alpha value is -2.90. The molecular weight excluding hydrogens is 352 g/mol. The fourth-order valence-electron chi connectivity index (χ4n) is 3.90. The fraction of sp³-hybridized carbons (Fsp3) is 0.300. The van der Waals surface area contributed by atoms with E-state index in [9.17, 15) is 30.0 Å². The summed E-state index contributed by atoms with van der Waals surface area (Å²) < 4.78 is 5.05. The maximum Gasteiger partial charge on any atom is 0.201 e. The first-order chi connectivity index (χ1) is 12.7. The van der Waals surface area contributed by atoms with E-state index in [1.165, 1.54) is 32.2 Å². The van der Waals surface area contributed by atoms with Gasteiger partial charge in [0.2, 0.25) is 5.78 Å². The largest absolute Gasteiger partial charge is 0.507 e. The fourth-order valence-corrected chi connectivity index (χ4v) is 3.90. The molecule has 7 nitrogen and oxygen atoms in total. The lowest BCUT2D eigenvalue weighted by molar-refractivity contribution is -0.0754. The van der Waals surface area contributed by atoms with Crippen molar-refractivity contribution in [2.75, 3.05) is 7.11 Å². The Morgan fingerprint density at radius 2 is 1.74 bits per heavy atom. The van der Waals surface area contributed by atoms with Crippen LogP contribution in [0.2, 0.25) is 0 Å². The number of carbonyl (C=O) groups is 2. The number of hydrogen-bond acceptors (Lipinski definition) is 7. The molecule has 7 heteroatoms. The molecule has 0 amide bonds. The number of aliphatic hydroxyl groups is 2. The van der Waals surface area contributed by atoms with Crippen LogP contribution in [0.15, 0.2) is 18.2 Å². The third-order valence-electron chi connectivity index (χ3n) is 5.48. The standard InChI is InChI=1S/C20H18O7/c1-20(26)4-3-9-10(19(20)25)7-12-15(17(9)23)18(24)14-11(16(12)22)5-8(27-2)6-13(14)21/h5-7,19,21,23,25-26H,3-4H2,1-2H3/t19-,20+/m1/s1. The van der Waals surface area contributed by atoms with Crippen molar-refractivity contribution in [3.63, 3.8) is 0 Å². The molecule has 2 atom stereocenters. The van der Waals surface area contributed by atoms with E-state index in [4.69, 9.17) is 4.74 Å². The first kappa shape index (κ1) is 17.5. The van der Waals surface area contributed by atoms with Crippen LogP contribution < -0.4 is 4.74 Å². The molecule has 0 saturated carbocycles. The number of fused-ring (bicyclic) bond motifs is 3. The van der Waals surface area contributed by atoms with Gasteiger partial charge in [-0.25, -0.2) is 0 Å². The summed E-state index contributed by atoms with van der Waals surface area (Å²) in [5.74, 6) is -1.85. The van der Waals surface area contributed by atoms with Gasteiger partial charge in [0.05, 0.1) is 23.8 Å².